The highest BCUT2D eigenvalue weighted by Gasteiger charge is 2.16. The number of aryl methyl sites for hydroxylation is 1. The van der Waals surface area contributed by atoms with Crippen molar-refractivity contribution >= 4 is 5.69 Å². The maximum atomic E-state index is 4.53. The zero-order valence-corrected chi connectivity index (χ0v) is 13.0. The van der Waals surface area contributed by atoms with Crippen molar-refractivity contribution < 1.29 is 0 Å². The molecule has 0 aliphatic carbocycles. The molecule has 0 atom stereocenters. The molecule has 4 heteroatoms. The highest BCUT2D eigenvalue weighted by Crippen LogP contribution is 2.27. The summed E-state index contributed by atoms with van der Waals surface area (Å²) in [5.74, 6) is 1.16. The zero-order valence-electron chi connectivity index (χ0n) is 13.0. The van der Waals surface area contributed by atoms with Crippen LogP contribution in [0, 0.1) is 0 Å². The van der Waals surface area contributed by atoms with Gasteiger partial charge in [0.15, 0.2) is 0 Å². The summed E-state index contributed by atoms with van der Waals surface area (Å²) in [6.45, 7) is 3.21. The maximum Gasteiger partial charge on any atom is 0.113 e. The number of aromatic nitrogens is 2. The summed E-state index contributed by atoms with van der Waals surface area (Å²) in [5.41, 5.74) is 4.23. The van der Waals surface area contributed by atoms with Crippen molar-refractivity contribution in [3.63, 3.8) is 0 Å². The van der Waals surface area contributed by atoms with Gasteiger partial charge in [-0.1, -0.05) is 12.1 Å². The summed E-state index contributed by atoms with van der Waals surface area (Å²) in [6.07, 6.45) is 7.22. The molecule has 0 radical (unpaired) electrons. The van der Waals surface area contributed by atoms with Gasteiger partial charge in [-0.25, -0.2) is 4.98 Å². The number of nitrogens with zero attached hydrogens (tertiary/aromatic N) is 3. The van der Waals surface area contributed by atoms with Gasteiger partial charge in [-0.15, -0.1) is 0 Å². The van der Waals surface area contributed by atoms with Gasteiger partial charge in [-0.05, 0) is 43.6 Å². The number of hydrogen-bond acceptors (Lipinski definition) is 3. The third-order valence-electron chi connectivity index (χ3n) is 4.26. The number of benzene rings is 1. The molecule has 1 aromatic heterocycles. The van der Waals surface area contributed by atoms with Gasteiger partial charge >= 0.3 is 0 Å². The summed E-state index contributed by atoms with van der Waals surface area (Å²) in [7, 11) is 4.16. The van der Waals surface area contributed by atoms with Crippen LogP contribution in [0.25, 0.3) is 0 Å². The second-order valence-electron chi connectivity index (χ2n) is 5.81. The molecule has 0 bridgehead atoms. The van der Waals surface area contributed by atoms with E-state index < -0.39 is 0 Å². The minimum absolute atomic E-state index is 0.920. The van der Waals surface area contributed by atoms with Crippen molar-refractivity contribution in [2.45, 2.75) is 25.8 Å². The highest BCUT2D eigenvalue weighted by molar-refractivity contribution is 5.58. The van der Waals surface area contributed by atoms with Crippen molar-refractivity contribution in [1.29, 1.82) is 0 Å². The molecule has 0 unspecified atom stereocenters. The second kappa shape index (κ2) is 6.31. The molecular formula is C17H24N4. The Bertz CT molecular complexity index is 603. The van der Waals surface area contributed by atoms with E-state index in [9.17, 15) is 0 Å². The van der Waals surface area contributed by atoms with Crippen LogP contribution in [0.2, 0.25) is 0 Å². The molecule has 2 aromatic rings. The summed E-state index contributed by atoms with van der Waals surface area (Å²) in [6, 6.07) is 6.85. The van der Waals surface area contributed by atoms with E-state index in [1.807, 2.05) is 13.2 Å². The molecule has 21 heavy (non-hydrogen) atoms. The number of rotatable bonds is 6. The Hall–Kier alpha value is -1.81. The van der Waals surface area contributed by atoms with Crippen molar-refractivity contribution in [3.05, 3.63) is 47.5 Å². The van der Waals surface area contributed by atoms with E-state index in [-0.39, 0.29) is 0 Å². The third kappa shape index (κ3) is 3.10. The normalized spacial score (nSPS) is 13.7. The minimum atomic E-state index is 0.920. The van der Waals surface area contributed by atoms with Gasteiger partial charge in [0.05, 0.1) is 0 Å². The fraction of sp³-hybridized carbons (Fsp3) is 0.471. The van der Waals surface area contributed by atoms with E-state index in [2.05, 4.69) is 51.2 Å². The predicted molar refractivity (Wildman–Crippen MR) is 87.0 cm³/mol. The third-order valence-corrected chi connectivity index (χ3v) is 4.26. The topological polar surface area (TPSA) is 33.1 Å². The molecule has 0 saturated carbocycles. The lowest BCUT2D eigenvalue weighted by Crippen LogP contribution is -2.12. The second-order valence-corrected chi connectivity index (χ2v) is 5.81. The Morgan fingerprint density at radius 1 is 1.33 bits per heavy atom. The molecule has 0 spiro atoms. The average Bonchev–Trinajstić information content (AvgIpc) is 3.07. The first-order valence-electron chi connectivity index (χ1n) is 7.75. The number of anilines is 1. The summed E-state index contributed by atoms with van der Waals surface area (Å²) >= 11 is 0. The first-order chi connectivity index (χ1) is 10.3. The Kier molecular flexibility index (Phi) is 4.25. The van der Waals surface area contributed by atoms with Crippen LogP contribution in [0.4, 0.5) is 5.69 Å². The van der Waals surface area contributed by atoms with Crippen LogP contribution < -0.4 is 10.2 Å². The lowest BCUT2D eigenvalue weighted by molar-refractivity contribution is 0.594. The monoisotopic (exact) mass is 284 g/mol. The molecule has 1 N–H and O–H groups in total. The molecule has 4 nitrogen and oxygen atoms in total. The van der Waals surface area contributed by atoms with Crippen molar-refractivity contribution in [2.24, 2.45) is 0 Å². The lowest BCUT2D eigenvalue weighted by atomic mass is 10.1. The molecule has 112 valence electrons. The van der Waals surface area contributed by atoms with Crippen LogP contribution in [0.1, 0.15) is 23.4 Å². The number of nitrogens with one attached hydrogen (secondary N) is 1. The SMILES string of the molecule is CNCCCn1ccnc1Cc1ccc2c(c1)CCN2C. The number of fused-ring (bicyclic) bond motifs is 1. The quantitative estimate of drug-likeness (QED) is 0.825. The Balaban J connectivity index is 1.71. The molecule has 3 rings (SSSR count). The van der Waals surface area contributed by atoms with Gasteiger partial charge in [0, 0.05) is 44.6 Å². The molecule has 2 heterocycles. The van der Waals surface area contributed by atoms with Crippen LogP contribution in [-0.4, -0.2) is 36.7 Å². The molecule has 0 saturated heterocycles. The molecule has 1 aliphatic heterocycles. The van der Waals surface area contributed by atoms with E-state index in [1.54, 1.807) is 0 Å². The van der Waals surface area contributed by atoms with Gasteiger partial charge < -0.3 is 14.8 Å². The number of imidazole rings is 1. The predicted octanol–water partition coefficient (Wildman–Crippen LogP) is 2.08. The Morgan fingerprint density at radius 3 is 3.10 bits per heavy atom. The van der Waals surface area contributed by atoms with Crippen LogP contribution in [0.15, 0.2) is 30.6 Å². The molecule has 0 amide bonds. The van der Waals surface area contributed by atoms with Crippen molar-refractivity contribution in [2.75, 3.05) is 32.1 Å². The highest BCUT2D eigenvalue weighted by atomic mass is 15.1. The standard InChI is InChI=1S/C17H24N4/c1-18-7-3-9-21-11-8-19-17(21)13-14-4-5-16-15(12-14)6-10-20(16)2/h4-5,8,11-12,18H,3,6-7,9-10,13H2,1-2H3. The first kappa shape index (κ1) is 14.1. The van der Waals surface area contributed by atoms with Gasteiger partial charge in [0.1, 0.15) is 5.82 Å². The van der Waals surface area contributed by atoms with Crippen molar-refractivity contribution in [3.8, 4) is 0 Å². The fourth-order valence-corrected chi connectivity index (χ4v) is 3.05. The van der Waals surface area contributed by atoms with Crippen LogP contribution >= 0.6 is 0 Å². The lowest BCUT2D eigenvalue weighted by Gasteiger charge is -2.12. The minimum Gasteiger partial charge on any atom is -0.374 e. The smallest absolute Gasteiger partial charge is 0.113 e. The summed E-state index contributed by atoms with van der Waals surface area (Å²) < 4.78 is 2.27. The molecule has 0 fully saturated rings. The van der Waals surface area contributed by atoms with E-state index in [0.717, 1.165) is 44.7 Å². The zero-order chi connectivity index (χ0) is 14.7. The van der Waals surface area contributed by atoms with E-state index in [1.165, 1.54) is 16.8 Å². The van der Waals surface area contributed by atoms with Crippen molar-refractivity contribution in [1.82, 2.24) is 14.9 Å². The summed E-state index contributed by atoms with van der Waals surface area (Å²) in [4.78, 5) is 6.86. The van der Waals surface area contributed by atoms with Gasteiger partial charge in [0.25, 0.3) is 0 Å². The summed E-state index contributed by atoms with van der Waals surface area (Å²) in [5, 5.41) is 3.19. The van der Waals surface area contributed by atoms with E-state index >= 15 is 0 Å². The first-order valence-corrected chi connectivity index (χ1v) is 7.75. The molecular weight excluding hydrogens is 260 g/mol. The number of hydrogen-bond donors (Lipinski definition) is 1. The Morgan fingerprint density at radius 2 is 2.24 bits per heavy atom. The average molecular weight is 284 g/mol. The van der Waals surface area contributed by atoms with E-state index in [4.69, 9.17) is 0 Å². The molecule has 1 aromatic carbocycles. The van der Waals surface area contributed by atoms with Crippen LogP contribution in [-0.2, 0) is 19.4 Å². The number of likely N-dealkylation sites (N-methyl/N-ethyl adjacent to an activating group) is 1. The van der Waals surface area contributed by atoms with Crippen LogP contribution in [0.5, 0.6) is 0 Å². The van der Waals surface area contributed by atoms with Gasteiger partial charge in [0.2, 0.25) is 0 Å². The Labute approximate surface area is 126 Å². The van der Waals surface area contributed by atoms with Gasteiger partial charge in [-0.2, -0.15) is 0 Å². The van der Waals surface area contributed by atoms with Gasteiger partial charge in [-0.3, -0.25) is 0 Å². The molecule has 1 aliphatic rings. The largest absolute Gasteiger partial charge is 0.374 e. The maximum absolute atomic E-state index is 4.53. The van der Waals surface area contributed by atoms with Crippen LogP contribution in [0.3, 0.4) is 0 Å². The fourth-order valence-electron chi connectivity index (χ4n) is 3.05. The van der Waals surface area contributed by atoms with E-state index in [0.29, 0.717) is 0 Å².